The monoisotopic (exact) mass is 426 g/mol. The maximum Gasteiger partial charge on any atom is 0.308 e. The van der Waals surface area contributed by atoms with Gasteiger partial charge in [-0.05, 0) is 25.2 Å². The molecule has 1 saturated carbocycles. The van der Waals surface area contributed by atoms with Crippen LogP contribution in [0.25, 0.3) is 0 Å². The fourth-order valence-corrected chi connectivity index (χ4v) is 5.30. The van der Waals surface area contributed by atoms with Crippen LogP contribution >= 0.6 is 11.3 Å². The number of carbonyl (C=O) groups is 1. The highest BCUT2D eigenvalue weighted by Crippen LogP contribution is 2.37. The smallest absolute Gasteiger partial charge is 0.308 e. The van der Waals surface area contributed by atoms with Crippen LogP contribution in [0.15, 0.2) is 12.3 Å². The molecule has 1 saturated heterocycles. The molecule has 0 radical (unpaired) electrons. The van der Waals surface area contributed by atoms with Crippen molar-refractivity contribution >= 4 is 34.2 Å². The van der Waals surface area contributed by atoms with Crippen molar-refractivity contribution in [3.8, 4) is 6.07 Å². The van der Waals surface area contributed by atoms with E-state index in [0.29, 0.717) is 40.2 Å². The van der Waals surface area contributed by atoms with E-state index in [9.17, 15) is 9.90 Å². The van der Waals surface area contributed by atoms with E-state index in [0.717, 1.165) is 18.7 Å². The number of aromatic nitrogens is 3. The maximum absolute atomic E-state index is 11.9. The van der Waals surface area contributed by atoms with Crippen LogP contribution in [-0.4, -0.2) is 39.1 Å². The van der Waals surface area contributed by atoms with Crippen molar-refractivity contribution in [3.05, 3.63) is 22.8 Å². The number of aryl methyl sites for hydroxylation is 1. The second-order valence-corrected chi connectivity index (χ2v) is 9.33. The Morgan fingerprint density at radius 3 is 2.77 bits per heavy atom. The SMILES string of the molecule is Cc1cc(Nc2ncc(C#N)s2)nc(N2C[C@H](C(=O)O)C[C@H](C3CCCCC3)C2)n1. The summed E-state index contributed by atoms with van der Waals surface area (Å²) in [5.74, 6) is 0.967. The zero-order valence-corrected chi connectivity index (χ0v) is 17.9. The number of nitriles is 1. The summed E-state index contributed by atoms with van der Waals surface area (Å²) < 4.78 is 0. The van der Waals surface area contributed by atoms with E-state index < -0.39 is 11.9 Å². The Balaban J connectivity index is 1.56. The molecule has 3 heterocycles. The van der Waals surface area contributed by atoms with Crippen molar-refractivity contribution in [2.24, 2.45) is 17.8 Å². The van der Waals surface area contributed by atoms with E-state index in [1.807, 2.05) is 17.9 Å². The molecule has 2 aromatic rings. The fourth-order valence-electron chi connectivity index (χ4n) is 4.68. The number of piperidine rings is 1. The molecule has 1 aliphatic carbocycles. The van der Waals surface area contributed by atoms with Crippen LogP contribution < -0.4 is 10.2 Å². The molecular formula is C21H26N6O2S. The zero-order chi connectivity index (χ0) is 21.1. The molecule has 0 unspecified atom stereocenters. The summed E-state index contributed by atoms with van der Waals surface area (Å²) in [5, 5.41) is 22.5. The average molecular weight is 427 g/mol. The van der Waals surface area contributed by atoms with Gasteiger partial charge in [-0.15, -0.1) is 0 Å². The average Bonchev–Trinajstić information content (AvgIpc) is 3.21. The lowest BCUT2D eigenvalue weighted by atomic mass is 9.74. The molecule has 2 fully saturated rings. The van der Waals surface area contributed by atoms with Crippen molar-refractivity contribution in [3.63, 3.8) is 0 Å². The van der Waals surface area contributed by atoms with Crippen LogP contribution in [0, 0.1) is 36.0 Å². The van der Waals surface area contributed by atoms with Crippen LogP contribution in [0.3, 0.4) is 0 Å². The molecule has 0 bridgehead atoms. The first-order valence-electron chi connectivity index (χ1n) is 10.5. The van der Waals surface area contributed by atoms with Gasteiger partial charge in [-0.25, -0.2) is 9.97 Å². The number of nitrogens with zero attached hydrogens (tertiary/aromatic N) is 5. The van der Waals surface area contributed by atoms with E-state index in [-0.39, 0.29) is 0 Å². The van der Waals surface area contributed by atoms with Crippen LogP contribution in [0.2, 0.25) is 0 Å². The topological polar surface area (TPSA) is 115 Å². The minimum absolute atomic E-state index is 0.359. The minimum atomic E-state index is -0.738. The van der Waals surface area contributed by atoms with Gasteiger partial charge >= 0.3 is 5.97 Å². The Labute approximate surface area is 180 Å². The summed E-state index contributed by atoms with van der Waals surface area (Å²) in [6.45, 7) is 3.13. The van der Waals surface area contributed by atoms with E-state index in [1.165, 1.54) is 49.6 Å². The number of carboxylic acid groups (broad SMARTS) is 1. The van der Waals surface area contributed by atoms with Gasteiger partial charge < -0.3 is 15.3 Å². The molecule has 4 rings (SSSR count). The van der Waals surface area contributed by atoms with Gasteiger partial charge in [-0.2, -0.15) is 10.2 Å². The number of carboxylic acids is 1. The van der Waals surface area contributed by atoms with Gasteiger partial charge in [0, 0.05) is 24.8 Å². The van der Waals surface area contributed by atoms with E-state index >= 15 is 0 Å². The minimum Gasteiger partial charge on any atom is -0.481 e. The lowest BCUT2D eigenvalue weighted by molar-refractivity contribution is -0.142. The first-order chi connectivity index (χ1) is 14.5. The molecule has 2 N–H and O–H groups in total. The summed E-state index contributed by atoms with van der Waals surface area (Å²) >= 11 is 1.26. The summed E-state index contributed by atoms with van der Waals surface area (Å²) in [6, 6.07) is 3.91. The zero-order valence-electron chi connectivity index (χ0n) is 17.0. The quantitative estimate of drug-likeness (QED) is 0.738. The van der Waals surface area contributed by atoms with Gasteiger partial charge in [0.25, 0.3) is 0 Å². The van der Waals surface area contributed by atoms with Crippen molar-refractivity contribution in [1.29, 1.82) is 5.26 Å². The van der Waals surface area contributed by atoms with Gasteiger partial charge in [0.15, 0.2) is 5.13 Å². The molecule has 2 atom stereocenters. The lowest BCUT2D eigenvalue weighted by Crippen LogP contribution is -2.46. The third-order valence-corrected chi connectivity index (χ3v) is 6.94. The van der Waals surface area contributed by atoms with Crippen molar-refractivity contribution in [1.82, 2.24) is 15.0 Å². The lowest BCUT2D eigenvalue weighted by Gasteiger charge is -2.41. The number of nitrogens with one attached hydrogen (secondary N) is 1. The molecule has 30 heavy (non-hydrogen) atoms. The van der Waals surface area contributed by atoms with Crippen LogP contribution in [0.5, 0.6) is 0 Å². The molecule has 1 aliphatic heterocycles. The van der Waals surface area contributed by atoms with Crippen molar-refractivity contribution < 1.29 is 9.90 Å². The van der Waals surface area contributed by atoms with Gasteiger partial charge in [0.1, 0.15) is 16.8 Å². The highest BCUT2D eigenvalue weighted by atomic mass is 32.1. The van der Waals surface area contributed by atoms with Gasteiger partial charge in [0.2, 0.25) is 5.95 Å². The molecule has 2 aromatic heterocycles. The van der Waals surface area contributed by atoms with E-state index in [1.54, 1.807) is 0 Å². The highest BCUT2D eigenvalue weighted by molar-refractivity contribution is 7.16. The maximum atomic E-state index is 11.9. The predicted octanol–water partition coefficient (Wildman–Crippen LogP) is 3.96. The van der Waals surface area contributed by atoms with Gasteiger partial charge in [0.05, 0.1) is 12.1 Å². The number of rotatable bonds is 5. The third kappa shape index (κ3) is 4.70. The largest absolute Gasteiger partial charge is 0.481 e. The predicted molar refractivity (Wildman–Crippen MR) is 115 cm³/mol. The molecule has 0 aromatic carbocycles. The molecule has 8 nitrogen and oxygen atoms in total. The Hall–Kier alpha value is -2.73. The first kappa shape index (κ1) is 20.5. The Morgan fingerprint density at radius 1 is 1.27 bits per heavy atom. The van der Waals surface area contributed by atoms with E-state index in [2.05, 4.69) is 26.3 Å². The van der Waals surface area contributed by atoms with Crippen LogP contribution in [0.4, 0.5) is 16.9 Å². The van der Waals surface area contributed by atoms with Crippen LogP contribution in [0.1, 0.15) is 49.1 Å². The number of hydrogen-bond donors (Lipinski definition) is 2. The second-order valence-electron chi connectivity index (χ2n) is 8.30. The van der Waals surface area contributed by atoms with Crippen molar-refractivity contribution in [2.45, 2.75) is 45.4 Å². The van der Waals surface area contributed by atoms with Gasteiger partial charge in [-0.3, -0.25) is 4.79 Å². The Morgan fingerprint density at radius 2 is 2.07 bits per heavy atom. The molecular weight excluding hydrogens is 400 g/mol. The molecule has 0 amide bonds. The number of aliphatic carboxylic acids is 1. The first-order valence-corrected chi connectivity index (χ1v) is 11.3. The Kier molecular flexibility index (Phi) is 6.13. The number of thiazole rings is 1. The van der Waals surface area contributed by atoms with Crippen molar-refractivity contribution in [2.75, 3.05) is 23.3 Å². The summed E-state index contributed by atoms with van der Waals surface area (Å²) in [4.78, 5) is 27.9. The second kappa shape index (κ2) is 8.96. The Bertz CT molecular complexity index is 949. The fraction of sp³-hybridized carbons (Fsp3) is 0.571. The molecule has 158 valence electrons. The van der Waals surface area contributed by atoms with Crippen LogP contribution in [-0.2, 0) is 4.79 Å². The summed E-state index contributed by atoms with van der Waals surface area (Å²) in [6.07, 6.45) is 8.42. The van der Waals surface area contributed by atoms with Gasteiger partial charge in [-0.1, -0.05) is 43.4 Å². The molecule has 2 aliphatic rings. The third-order valence-electron chi connectivity index (χ3n) is 6.12. The standard InChI is InChI=1S/C21H26N6O2S/c1-13-7-18(26-21-23-10-17(9-22)30-21)25-20(24-13)27-11-15(8-16(12-27)19(28)29)14-5-3-2-4-6-14/h7,10,14-16H,2-6,8,11-12H2,1H3,(H,28,29)(H,23,24,25,26)/t15-,16+/m0/s1. The molecule has 9 heteroatoms. The number of anilines is 3. The summed E-state index contributed by atoms with van der Waals surface area (Å²) in [5.41, 5.74) is 0.797. The molecule has 0 spiro atoms. The normalized spacial score (nSPS) is 22.5. The van der Waals surface area contributed by atoms with E-state index in [4.69, 9.17) is 5.26 Å². The highest BCUT2D eigenvalue weighted by Gasteiger charge is 2.36. The summed E-state index contributed by atoms with van der Waals surface area (Å²) in [7, 11) is 0. The number of hydrogen-bond acceptors (Lipinski definition) is 8.